The van der Waals surface area contributed by atoms with Crippen molar-refractivity contribution in [2.24, 2.45) is 0 Å². The van der Waals surface area contributed by atoms with Crippen LogP contribution in [0.3, 0.4) is 0 Å². The van der Waals surface area contributed by atoms with E-state index in [4.69, 9.17) is 4.74 Å². The third-order valence-electron chi connectivity index (χ3n) is 4.67. The van der Waals surface area contributed by atoms with Gasteiger partial charge in [0.25, 0.3) is 5.91 Å². The molecular formula is C20H18N2O2. The molecular weight excluding hydrogens is 300 g/mol. The summed E-state index contributed by atoms with van der Waals surface area (Å²) in [5, 5.41) is 3.97. The second-order valence-corrected chi connectivity index (χ2v) is 6.17. The molecule has 120 valence electrons. The topological polar surface area (TPSA) is 51.2 Å². The molecule has 0 fully saturated rings. The van der Waals surface area contributed by atoms with Gasteiger partial charge in [-0.25, -0.2) is 0 Å². The number of benzene rings is 2. The summed E-state index contributed by atoms with van der Waals surface area (Å²) in [5.74, 6) is 0.807. The summed E-state index contributed by atoms with van der Waals surface area (Å²) >= 11 is 0. The molecule has 1 aliphatic heterocycles. The molecule has 0 spiro atoms. The smallest absolute Gasteiger partial charge is 0.259 e. The standard InChI is InChI=1S/C20H18N2O2/c1-12-13(2)24-19-15(12)8-4-9-16(19)20(23)22-17-10-3-6-14-7-5-11-21-18(14)17/h3-13H,1-2H3,(H,22,23)/t12-,13-/m0/s1. The van der Waals surface area contributed by atoms with Crippen molar-refractivity contribution in [3.8, 4) is 5.75 Å². The number of rotatable bonds is 2. The molecule has 1 N–H and O–H groups in total. The van der Waals surface area contributed by atoms with E-state index in [1.807, 2.05) is 49.4 Å². The number of hydrogen-bond acceptors (Lipinski definition) is 3. The summed E-state index contributed by atoms with van der Waals surface area (Å²) in [7, 11) is 0. The van der Waals surface area contributed by atoms with Gasteiger partial charge >= 0.3 is 0 Å². The van der Waals surface area contributed by atoms with Gasteiger partial charge in [-0.15, -0.1) is 0 Å². The lowest BCUT2D eigenvalue weighted by Crippen LogP contribution is -2.14. The van der Waals surface area contributed by atoms with Crippen LogP contribution < -0.4 is 10.1 Å². The molecule has 0 aliphatic carbocycles. The number of anilines is 1. The van der Waals surface area contributed by atoms with Crippen LogP contribution in [0, 0.1) is 0 Å². The van der Waals surface area contributed by atoms with Crippen LogP contribution in [0.25, 0.3) is 10.9 Å². The molecule has 24 heavy (non-hydrogen) atoms. The van der Waals surface area contributed by atoms with Crippen LogP contribution in [-0.4, -0.2) is 17.0 Å². The normalized spacial score (nSPS) is 18.9. The van der Waals surface area contributed by atoms with E-state index < -0.39 is 0 Å². The van der Waals surface area contributed by atoms with Crippen molar-refractivity contribution in [3.63, 3.8) is 0 Å². The maximum absolute atomic E-state index is 12.8. The Morgan fingerprint density at radius 3 is 2.75 bits per heavy atom. The van der Waals surface area contributed by atoms with Gasteiger partial charge in [-0.1, -0.05) is 37.3 Å². The Morgan fingerprint density at radius 2 is 1.88 bits per heavy atom. The first-order chi connectivity index (χ1) is 11.6. The van der Waals surface area contributed by atoms with Crippen LogP contribution in [0.15, 0.2) is 54.7 Å². The largest absolute Gasteiger partial charge is 0.489 e. The highest BCUT2D eigenvalue weighted by Gasteiger charge is 2.31. The SMILES string of the molecule is C[C@@H]1Oc2c(C(=O)Nc3cccc4cccnc34)cccc2[C@H]1C. The number of carbonyl (C=O) groups excluding carboxylic acids is 1. The van der Waals surface area contributed by atoms with E-state index >= 15 is 0 Å². The molecule has 1 aliphatic rings. The van der Waals surface area contributed by atoms with Crippen molar-refractivity contribution in [1.82, 2.24) is 4.98 Å². The monoisotopic (exact) mass is 318 g/mol. The Morgan fingerprint density at radius 1 is 1.08 bits per heavy atom. The molecule has 4 rings (SSSR count). The van der Waals surface area contributed by atoms with Crippen LogP contribution in [-0.2, 0) is 0 Å². The van der Waals surface area contributed by atoms with Crippen molar-refractivity contribution >= 4 is 22.5 Å². The van der Waals surface area contributed by atoms with Gasteiger partial charge in [0.15, 0.2) is 0 Å². The molecule has 4 nitrogen and oxygen atoms in total. The fourth-order valence-electron chi connectivity index (χ4n) is 3.16. The zero-order valence-electron chi connectivity index (χ0n) is 13.6. The number of amides is 1. The lowest BCUT2D eigenvalue weighted by molar-refractivity contribution is 0.102. The molecule has 0 saturated carbocycles. The van der Waals surface area contributed by atoms with Crippen molar-refractivity contribution in [2.75, 3.05) is 5.32 Å². The number of hydrogen-bond donors (Lipinski definition) is 1. The summed E-state index contributed by atoms with van der Waals surface area (Å²) in [6.45, 7) is 4.15. The van der Waals surface area contributed by atoms with Gasteiger partial charge in [0.2, 0.25) is 0 Å². The van der Waals surface area contributed by atoms with Gasteiger partial charge in [-0.3, -0.25) is 9.78 Å². The van der Waals surface area contributed by atoms with Crippen LogP contribution in [0.4, 0.5) is 5.69 Å². The minimum absolute atomic E-state index is 0.0770. The Kier molecular flexibility index (Phi) is 3.45. The van der Waals surface area contributed by atoms with Crippen LogP contribution in [0.1, 0.15) is 35.7 Å². The molecule has 1 aromatic heterocycles. The number of nitrogens with one attached hydrogen (secondary N) is 1. The molecule has 2 aromatic carbocycles. The Labute approximate surface area is 140 Å². The predicted octanol–water partition coefficient (Wildman–Crippen LogP) is 4.37. The number of aromatic nitrogens is 1. The first-order valence-electron chi connectivity index (χ1n) is 8.10. The summed E-state index contributed by atoms with van der Waals surface area (Å²) in [5.41, 5.74) is 3.14. The van der Waals surface area contributed by atoms with Crippen LogP contribution in [0.5, 0.6) is 5.75 Å². The van der Waals surface area contributed by atoms with Crippen LogP contribution >= 0.6 is 0 Å². The number of pyridine rings is 1. The minimum Gasteiger partial charge on any atom is -0.489 e. The molecule has 1 amide bonds. The molecule has 2 heterocycles. The summed E-state index contributed by atoms with van der Waals surface area (Å²) in [4.78, 5) is 17.2. The highest BCUT2D eigenvalue weighted by molar-refractivity contribution is 6.10. The van der Waals surface area contributed by atoms with Gasteiger partial charge in [0.05, 0.1) is 16.8 Å². The van der Waals surface area contributed by atoms with E-state index in [0.29, 0.717) is 17.0 Å². The maximum atomic E-state index is 12.8. The quantitative estimate of drug-likeness (QED) is 0.763. The van der Waals surface area contributed by atoms with E-state index in [9.17, 15) is 4.79 Å². The third-order valence-corrected chi connectivity index (χ3v) is 4.67. The summed E-state index contributed by atoms with van der Waals surface area (Å²) in [6, 6.07) is 15.4. The molecule has 3 aromatic rings. The van der Waals surface area contributed by atoms with Crippen LogP contribution in [0.2, 0.25) is 0 Å². The highest BCUT2D eigenvalue weighted by Crippen LogP contribution is 2.40. The Bertz CT molecular complexity index is 931. The van der Waals surface area contributed by atoms with E-state index in [1.165, 1.54) is 0 Å². The summed E-state index contributed by atoms with van der Waals surface area (Å²) in [6.07, 6.45) is 1.80. The van der Waals surface area contributed by atoms with Gasteiger partial charge in [-0.05, 0) is 25.1 Å². The van der Waals surface area contributed by atoms with Gasteiger partial charge in [0.1, 0.15) is 11.9 Å². The average Bonchev–Trinajstić information content (AvgIpc) is 2.90. The molecule has 0 bridgehead atoms. The first-order valence-corrected chi connectivity index (χ1v) is 8.10. The van der Waals surface area contributed by atoms with Crippen molar-refractivity contribution < 1.29 is 9.53 Å². The van der Waals surface area contributed by atoms with E-state index in [0.717, 1.165) is 16.5 Å². The van der Waals surface area contributed by atoms with E-state index in [2.05, 4.69) is 17.2 Å². The zero-order valence-corrected chi connectivity index (χ0v) is 13.6. The third kappa shape index (κ3) is 2.31. The predicted molar refractivity (Wildman–Crippen MR) is 94.6 cm³/mol. The van der Waals surface area contributed by atoms with E-state index in [-0.39, 0.29) is 17.9 Å². The minimum atomic E-state index is -0.175. The molecule has 0 radical (unpaired) electrons. The number of ether oxygens (including phenoxy) is 1. The van der Waals surface area contributed by atoms with Gasteiger partial charge in [-0.2, -0.15) is 0 Å². The Balaban J connectivity index is 1.71. The molecule has 4 heteroatoms. The lowest BCUT2D eigenvalue weighted by Gasteiger charge is -2.11. The zero-order chi connectivity index (χ0) is 16.7. The molecule has 2 atom stereocenters. The van der Waals surface area contributed by atoms with Crippen molar-refractivity contribution in [3.05, 3.63) is 65.9 Å². The van der Waals surface area contributed by atoms with Gasteiger partial charge < -0.3 is 10.1 Å². The second kappa shape index (κ2) is 5.64. The first kappa shape index (κ1) is 14.7. The Hall–Kier alpha value is -2.88. The maximum Gasteiger partial charge on any atom is 0.259 e. The average molecular weight is 318 g/mol. The van der Waals surface area contributed by atoms with Gasteiger partial charge in [0, 0.05) is 23.1 Å². The van der Waals surface area contributed by atoms with Crippen molar-refractivity contribution in [2.45, 2.75) is 25.9 Å². The second-order valence-electron chi connectivity index (χ2n) is 6.17. The van der Waals surface area contributed by atoms with Crippen molar-refractivity contribution in [1.29, 1.82) is 0 Å². The van der Waals surface area contributed by atoms with E-state index in [1.54, 1.807) is 12.3 Å². The molecule has 0 saturated heterocycles. The number of fused-ring (bicyclic) bond motifs is 2. The number of nitrogens with zero attached hydrogens (tertiary/aromatic N) is 1. The fourth-order valence-corrected chi connectivity index (χ4v) is 3.16. The molecule has 0 unspecified atom stereocenters. The number of para-hydroxylation sites is 2. The highest BCUT2D eigenvalue weighted by atomic mass is 16.5. The fraction of sp³-hybridized carbons (Fsp3) is 0.200. The summed E-state index contributed by atoms with van der Waals surface area (Å²) < 4.78 is 5.92. The number of carbonyl (C=O) groups is 1. The lowest BCUT2D eigenvalue weighted by atomic mass is 9.97.